The van der Waals surface area contributed by atoms with Gasteiger partial charge in [0.25, 0.3) is 5.91 Å². The molecule has 0 aliphatic carbocycles. The highest BCUT2D eigenvalue weighted by atomic mass is 19.1. The molecule has 22 heavy (non-hydrogen) atoms. The highest BCUT2D eigenvalue weighted by molar-refractivity contribution is 5.95. The van der Waals surface area contributed by atoms with Crippen LogP contribution in [0.2, 0.25) is 0 Å². The first-order valence-electron chi connectivity index (χ1n) is 6.91. The number of H-pyrrole nitrogens is 1. The summed E-state index contributed by atoms with van der Waals surface area (Å²) in [6, 6.07) is 9.03. The summed E-state index contributed by atoms with van der Waals surface area (Å²) >= 11 is 0. The number of likely N-dealkylation sites (tertiary alicyclic amines) is 1. The van der Waals surface area contributed by atoms with Gasteiger partial charge in [0.05, 0.1) is 17.7 Å². The lowest BCUT2D eigenvalue weighted by atomic mass is 10.0. The lowest BCUT2D eigenvalue weighted by Gasteiger charge is -2.24. The SMILES string of the molecule is N#Cc1cc(C(=O)N2C[C@@H](O)C[C@H]2c2ccc(F)cc2)c[nH]1. The van der Waals surface area contributed by atoms with Crippen molar-refractivity contribution in [2.24, 2.45) is 0 Å². The maximum Gasteiger partial charge on any atom is 0.256 e. The van der Waals surface area contributed by atoms with Crippen LogP contribution < -0.4 is 0 Å². The molecule has 112 valence electrons. The fourth-order valence-corrected chi connectivity index (χ4v) is 2.79. The molecule has 5 nitrogen and oxygen atoms in total. The summed E-state index contributed by atoms with van der Waals surface area (Å²) in [5.41, 5.74) is 1.46. The fourth-order valence-electron chi connectivity index (χ4n) is 2.79. The van der Waals surface area contributed by atoms with Crippen molar-refractivity contribution in [1.82, 2.24) is 9.88 Å². The van der Waals surface area contributed by atoms with Crippen molar-refractivity contribution >= 4 is 5.91 Å². The summed E-state index contributed by atoms with van der Waals surface area (Å²) in [4.78, 5) is 16.9. The average molecular weight is 299 g/mol. The molecule has 6 heteroatoms. The molecule has 1 aromatic carbocycles. The van der Waals surface area contributed by atoms with E-state index in [1.807, 2.05) is 6.07 Å². The Morgan fingerprint density at radius 3 is 2.77 bits per heavy atom. The molecule has 0 saturated carbocycles. The van der Waals surface area contributed by atoms with Crippen LogP contribution in [0.3, 0.4) is 0 Å². The number of carbonyl (C=O) groups excluding carboxylic acids is 1. The topological polar surface area (TPSA) is 80.1 Å². The van der Waals surface area contributed by atoms with Crippen LogP contribution in [-0.2, 0) is 0 Å². The molecule has 1 aliphatic rings. The number of nitriles is 1. The minimum atomic E-state index is -0.617. The smallest absolute Gasteiger partial charge is 0.256 e. The Bertz CT molecular complexity index is 733. The number of nitrogens with zero attached hydrogens (tertiary/aromatic N) is 2. The molecular formula is C16H14FN3O2. The molecule has 1 aromatic heterocycles. The molecule has 0 unspecified atom stereocenters. The molecule has 2 heterocycles. The number of hydrogen-bond acceptors (Lipinski definition) is 3. The zero-order valence-corrected chi connectivity index (χ0v) is 11.7. The van der Waals surface area contributed by atoms with Crippen LogP contribution >= 0.6 is 0 Å². The summed E-state index contributed by atoms with van der Waals surface area (Å²) < 4.78 is 13.0. The van der Waals surface area contributed by atoms with Crippen molar-refractivity contribution in [3.63, 3.8) is 0 Å². The number of aromatic nitrogens is 1. The number of β-amino-alcohol motifs (C(OH)–C–C–N with tert-alkyl or cyclic N) is 1. The van der Waals surface area contributed by atoms with Crippen molar-refractivity contribution < 1.29 is 14.3 Å². The molecule has 1 amide bonds. The molecule has 3 rings (SSSR count). The molecule has 1 aliphatic heterocycles. The Kier molecular flexibility index (Phi) is 3.65. The maximum absolute atomic E-state index is 13.0. The summed E-state index contributed by atoms with van der Waals surface area (Å²) in [7, 11) is 0. The van der Waals surface area contributed by atoms with Crippen LogP contribution in [0, 0.1) is 17.1 Å². The summed E-state index contributed by atoms with van der Waals surface area (Å²) in [5.74, 6) is -0.604. The standard InChI is InChI=1S/C16H14FN3O2/c17-12-3-1-10(2-4-12)15-6-14(21)9-20(15)16(22)11-5-13(7-18)19-8-11/h1-5,8,14-15,19,21H,6,9H2/t14-,15-/m0/s1. The Morgan fingerprint density at radius 2 is 2.14 bits per heavy atom. The van der Waals surface area contributed by atoms with E-state index in [1.54, 1.807) is 17.0 Å². The van der Waals surface area contributed by atoms with Crippen LogP contribution in [0.25, 0.3) is 0 Å². The number of benzene rings is 1. The second kappa shape index (κ2) is 5.62. The molecule has 1 fully saturated rings. The zero-order chi connectivity index (χ0) is 15.7. The van der Waals surface area contributed by atoms with E-state index in [2.05, 4.69) is 4.98 Å². The van der Waals surface area contributed by atoms with Gasteiger partial charge in [-0.05, 0) is 30.2 Å². The van der Waals surface area contributed by atoms with Gasteiger partial charge in [0.15, 0.2) is 0 Å². The fraction of sp³-hybridized carbons (Fsp3) is 0.250. The van der Waals surface area contributed by atoms with Crippen LogP contribution in [0.5, 0.6) is 0 Å². The molecule has 2 N–H and O–H groups in total. The molecule has 1 saturated heterocycles. The van der Waals surface area contributed by atoms with Gasteiger partial charge in [-0.25, -0.2) is 4.39 Å². The van der Waals surface area contributed by atoms with Crippen molar-refractivity contribution in [2.45, 2.75) is 18.6 Å². The third kappa shape index (κ3) is 2.59. The first-order valence-corrected chi connectivity index (χ1v) is 6.91. The zero-order valence-electron chi connectivity index (χ0n) is 11.7. The molecule has 2 atom stereocenters. The number of carbonyl (C=O) groups is 1. The van der Waals surface area contributed by atoms with Crippen LogP contribution in [-0.4, -0.2) is 33.5 Å². The number of aliphatic hydroxyl groups excluding tert-OH is 1. The first-order chi connectivity index (χ1) is 10.6. The number of aromatic amines is 1. The largest absolute Gasteiger partial charge is 0.391 e. The van der Waals surface area contributed by atoms with Gasteiger partial charge in [0, 0.05) is 12.7 Å². The number of aliphatic hydroxyl groups is 1. The van der Waals surface area contributed by atoms with Crippen LogP contribution in [0.4, 0.5) is 4.39 Å². The first kappa shape index (κ1) is 14.3. The van der Waals surface area contributed by atoms with Crippen LogP contribution in [0.1, 0.15) is 34.1 Å². The van der Waals surface area contributed by atoms with E-state index in [9.17, 15) is 14.3 Å². The second-order valence-electron chi connectivity index (χ2n) is 5.33. The molecule has 0 radical (unpaired) electrons. The van der Waals surface area contributed by atoms with E-state index >= 15 is 0 Å². The Balaban J connectivity index is 1.88. The van der Waals surface area contributed by atoms with Gasteiger partial charge in [-0.2, -0.15) is 5.26 Å². The van der Waals surface area contributed by atoms with Gasteiger partial charge < -0.3 is 15.0 Å². The van der Waals surface area contributed by atoms with E-state index < -0.39 is 6.10 Å². The second-order valence-corrected chi connectivity index (χ2v) is 5.33. The minimum absolute atomic E-state index is 0.216. The van der Waals surface area contributed by atoms with Crippen molar-refractivity contribution in [3.05, 3.63) is 59.2 Å². The van der Waals surface area contributed by atoms with Gasteiger partial charge in [-0.1, -0.05) is 12.1 Å². The van der Waals surface area contributed by atoms with Gasteiger partial charge in [-0.3, -0.25) is 4.79 Å². The predicted octanol–water partition coefficient (Wildman–Crippen LogP) is 1.97. The molecule has 0 spiro atoms. The predicted molar refractivity (Wildman–Crippen MR) is 76.3 cm³/mol. The Labute approximate surface area is 126 Å². The maximum atomic E-state index is 13.0. The van der Waals surface area contributed by atoms with E-state index in [0.29, 0.717) is 17.7 Å². The van der Waals surface area contributed by atoms with Gasteiger partial charge >= 0.3 is 0 Å². The minimum Gasteiger partial charge on any atom is -0.391 e. The highest BCUT2D eigenvalue weighted by Gasteiger charge is 2.36. The number of nitrogens with one attached hydrogen (secondary N) is 1. The van der Waals surface area contributed by atoms with Crippen molar-refractivity contribution in [3.8, 4) is 6.07 Å². The number of halogens is 1. The molecule has 2 aromatic rings. The number of amides is 1. The van der Waals surface area contributed by atoms with E-state index in [0.717, 1.165) is 5.56 Å². The van der Waals surface area contributed by atoms with E-state index in [4.69, 9.17) is 5.26 Å². The van der Waals surface area contributed by atoms with E-state index in [1.165, 1.54) is 24.4 Å². The molecule has 0 bridgehead atoms. The number of rotatable bonds is 2. The highest BCUT2D eigenvalue weighted by Crippen LogP contribution is 2.33. The Hall–Kier alpha value is -2.65. The lowest BCUT2D eigenvalue weighted by Crippen LogP contribution is -2.31. The van der Waals surface area contributed by atoms with E-state index in [-0.39, 0.29) is 24.3 Å². The van der Waals surface area contributed by atoms with Crippen molar-refractivity contribution in [1.29, 1.82) is 5.26 Å². The van der Waals surface area contributed by atoms with Gasteiger partial charge in [-0.15, -0.1) is 0 Å². The third-order valence-electron chi connectivity index (χ3n) is 3.85. The normalized spacial score (nSPS) is 20.9. The quantitative estimate of drug-likeness (QED) is 0.889. The summed E-state index contributed by atoms with van der Waals surface area (Å²) in [5, 5.41) is 18.7. The molecular weight excluding hydrogens is 285 g/mol. The Morgan fingerprint density at radius 1 is 1.41 bits per heavy atom. The average Bonchev–Trinajstić information content (AvgIpc) is 3.14. The summed E-state index contributed by atoms with van der Waals surface area (Å²) in [6.07, 6.45) is 1.27. The van der Waals surface area contributed by atoms with Crippen molar-refractivity contribution in [2.75, 3.05) is 6.54 Å². The monoisotopic (exact) mass is 299 g/mol. The summed E-state index contributed by atoms with van der Waals surface area (Å²) in [6.45, 7) is 0.216. The third-order valence-corrected chi connectivity index (χ3v) is 3.85. The van der Waals surface area contributed by atoms with Gasteiger partial charge in [0.2, 0.25) is 0 Å². The lowest BCUT2D eigenvalue weighted by molar-refractivity contribution is 0.0716. The van der Waals surface area contributed by atoms with Crippen LogP contribution in [0.15, 0.2) is 36.5 Å². The number of hydrogen-bond donors (Lipinski definition) is 2. The van der Waals surface area contributed by atoms with Gasteiger partial charge in [0.1, 0.15) is 17.6 Å².